The normalized spacial score (nSPS) is 11.1. The summed E-state index contributed by atoms with van der Waals surface area (Å²) < 4.78 is 19.1. The first-order valence-electron chi connectivity index (χ1n) is 8.40. The number of aryl methyl sites for hydroxylation is 1. The van der Waals surface area contributed by atoms with E-state index in [0.29, 0.717) is 40.4 Å². The summed E-state index contributed by atoms with van der Waals surface area (Å²) in [5.74, 6) is 1.28. The van der Waals surface area contributed by atoms with E-state index in [1.54, 1.807) is 30.3 Å². The molecule has 0 aliphatic rings. The molecule has 0 unspecified atom stereocenters. The third-order valence-corrected chi connectivity index (χ3v) is 4.21. The van der Waals surface area contributed by atoms with Gasteiger partial charge in [0.25, 0.3) is 0 Å². The van der Waals surface area contributed by atoms with E-state index in [4.69, 9.17) is 4.52 Å². The van der Waals surface area contributed by atoms with Crippen LogP contribution in [0.2, 0.25) is 0 Å². The number of aromatic hydroxyl groups is 1. The lowest BCUT2D eigenvalue weighted by atomic mass is 10.1. The fourth-order valence-electron chi connectivity index (χ4n) is 2.96. The molecule has 136 valence electrons. The fraction of sp³-hybridized carbons (Fsp3) is 0.150. The second-order valence-corrected chi connectivity index (χ2v) is 6.34. The number of phenolic OH excluding ortho intramolecular Hbond substituents is 1. The Morgan fingerprint density at radius 2 is 1.93 bits per heavy atom. The maximum Gasteiger partial charge on any atom is 0.165 e. The van der Waals surface area contributed by atoms with E-state index in [2.05, 4.69) is 15.1 Å². The maximum absolute atomic E-state index is 13.9. The van der Waals surface area contributed by atoms with Crippen LogP contribution in [0.1, 0.15) is 11.5 Å². The molecule has 1 N–H and O–H groups in total. The summed E-state index contributed by atoms with van der Waals surface area (Å²) in [6.45, 7) is 2.25. The summed E-state index contributed by atoms with van der Waals surface area (Å²) in [5, 5.41) is 14.6. The van der Waals surface area contributed by atoms with Gasteiger partial charge < -0.3 is 14.5 Å². The minimum absolute atomic E-state index is 0.0819. The fourth-order valence-corrected chi connectivity index (χ4v) is 2.96. The second-order valence-electron chi connectivity index (χ2n) is 6.34. The molecule has 0 radical (unpaired) electrons. The number of para-hydroxylation sites is 1. The van der Waals surface area contributed by atoms with Crippen LogP contribution in [0.15, 0.2) is 53.1 Å². The molecular weight excluding hydrogens is 347 g/mol. The van der Waals surface area contributed by atoms with Crippen LogP contribution in [0, 0.1) is 12.7 Å². The van der Waals surface area contributed by atoms with Gasteiger partial charge in [0.05, 0.1) is 23.3 Å². The molecule has 27 heavy (non-hydrogen) atoms. The number of hydrogen-bond donors (Lipinski definition) is 1. The zero-order chi connectivity index (χ0) is 19.0. The van der Waals surface area contributed by atoms with E-state index in [1.165, 1.54) is 12.1 Å². The van der Waals surface area contributed by atoms with Crippen molar-refractivity contribution < 1.29 is 14.0 Å². The highest BCUT2D eigenvalue weighted by Crippen LogP contribution is 2.32. The summed E-state index contributed by atoms with van der Waals surface area (Å²) in [5.41, 5.74) is 1.88. The Kier molecular flexibility index (Phi) is 4.19. The minimum atomic E-state index is -0.369. The Morgan fingerprint density at radius 3 is 2.67 bits per heavy atom. The first-order valence-corrected chi connectivity index (χ1v) is 8.40. The quantitative estimate of drug-likeness (QED) is 0.588. The number of fused-ring (bicyclic) bond motifs is 1. The molecule has 0 bridgehead atoms. The van der Waals surface area contributed by atoms with Crippen LogP contribution in [-0.2, 0) is 6.54 Å². The van der Waals surface area contributed by atoms with Crippen molar-refractivity contribution in [2.75, 3.05) is 11.9 Å². The summed E-state index contributed by atoms with van der Waals surface area (Å²) in [6.07, 6.45) is 0. The molecule has 0 fully saturated rings. The number of aromatic nitrogens is 3. The molecule has 0 atom stereocenters. The maximum atomic E-state index is 13.9. The number of phenols is 1. The third-order valence-electron chi connectivity index (χ3n) is 4.21. The highest BCUT2D eigenvalue weighted by molar-refractivity contribution is 5.91. The van der Waals surface area contributed by atoms with Gasteiger partial charge in [0.15, 0.2) is 11.6 Å². The molecule has 0 spiro atoms. The van der Waals surface area contributed by atoms with Crippen LogP contribution >= 0.6 is 0 Å². The molecule has 0 amide bonds. The van der Waals surface area contributed by atoms with Gasteiger partial charge in [0.2, 0.25) is 0 Å². The van der Waals surface area contributed by atoms with E-state index in [9.17, 15) is 9.50 Å². The highest BCUT2D eigenvalue weighted by Gasteiger charge is 2.17. The number of nitrogens with zero attached hydrogens (tertiary/aromatic N) is 4. The van der Waals surface area contributed by atoms with Crippen LogP contribution in [0.4, 0.5) is 10.2 Å². The zero-order valence-electron chi connectivity index (χ0n) is 14.8. The van der Waals surface area contributed by atoms with Gasteiger partial charge >= 0.3 is 0 Å². The lowest BCUT2D eigenvalue weighted by molar-refractivity contribution is 0.379. The molecule has 4 rings (SSSR count). The van der Waals surface area contributed by atoms with Crippen LogP contribution < -0.4 is 4.90 Å². The molecule has 2 aromatic carbocycles. The number of halogens is 1. The molecule has 0 saturated carbocycles. The van der Waals surface area contributed by atoms with Crippen molar-refractivity contribution in [3.63, 3.8) is 0 Å². The average molecular weight is 364 g/mol. The predicted octanol–water partition coefficient (Wildman–Crippen LogP) is 4.07. The van der Waals surface area contributed by atoms with Crippen molar-refractivity contribution in [3.05, 3.63) is 65.8 Å². The van der Waals surface area contributed by atoms with Gasteiger partial charge in [-0.1, -0.05) is 17.3 Å². The number of rotatable bonds is 4. The van der Waals surface area contributed by atoms with Crippen LogP contribution in [0.25, 0.3) is 22.3 Å². The van der Waals surface area contributed by atoms with Gasteiger partial charge in [0.1, 0.15) is 17.4 Å². The molecule has 2 aromatic heterocycles. The molecule has 6 nitrogen and oxygen atoms in total. The second kappa shape index (κ2) is 6.68. The summed E-state index contributed by atoms with van der Waals surface area (Å²) in [4.78, 5) is 10.9. The van der Waals surface area contributed by atoms with Crippen molar-refractivity contribution in [1.29, 1.82) is 0 Å². The summed E-state index contributed by atoms with van der Waals surface area (Å²) >= 11 is 0. The first kappa shape index (κ1) is 17.0. The molecular formula is C20H17FN4O2. The molecule has 0 aliphatic carbocycles. The Labute approximate surface area is 154 Å². The Balaban J connectivity index is 1.86. The van der Waals surface area contributed by atoms with Gasteiger partial charge in [-0.25, -0.2) is 14.4 Å². The average Bonchev–Trinajstić information content (AvgIpc) is 3.06. The third kappa shape index (κ3) is 3.31. The number of benzene rings is 2. The Bertz CT molecular complexity index is 1130. The van der Waals surface area contributed by atoms with Crippen molar-refractivity contribution in [2.45, 2.75) is 13.5 Å². The smallest absolute Gasteiger partial charge is 0.165 e. The first-order chi connectivity index (χ1) is 13.0. The van der Waals surface area contributed by atoms with Crippen molar-refractivity contribution in [2.24, 2.45) is 0 Å². The van der Waals surface area contributed by atoms with Crippen LogP contribution in [0.3, 0.4) is 0 Å². The van der Waals surface area contributed by atoms with Crippen molar-refractivity contribution >= 4 is 16.7 Å². The zero-order valence-corrected chi connectivity index (χ0v) is 14.8. The van der Waals surface area contributed by atoms with Gasteiger partial charge in [-0.15, -0.1) is 0 Å². The van der Waals surface area contributed by atoms with Gasteiger partial charge in [-0.05, 0) is 37.3 Å². The Morgan fingerprint density at radius 1 is 1.11 bits per heavy atom. The van der Waals surface area contributed by atoms with E-state index in [-0.39, 0.29) is 11.6 Å². The van der Waals surface area contributed by atoms with Crippen molar-refractivity contribution in [3.8, 4) is 17.1 Å². The minimum Gasteiger partial charge on any atom is -0.507 e. The largest absolute Gasteiger partial charge is 0.507 e. The highest BCUT2D eigenvalue weighted by atomic mass is 19.1. The molecule has 2 heterocycles. The van der Waals surface area contributed by atoms with E-state index < -0.39 is 0 Å². The van der Waals surface area contributed by atoms with Crippen LogP contribution in [0.5, 0.6) is 5.75 Å². The number of anilines is 1. The molecule has 0 saturated heterocycles. The van der Waals surface area contributed by atoms with Crippen molar-refractivity contribution in [1.82, 2.24) is 15.1 Å². The SMILES string of the molecule is Cc1cc(CN(C)c2nc(-c3ccccc3O)nc3ccc(F)cc23)on1. The van der Waals surface area contributed by atoms with Gasteiger partial charge in [-0.2, -0.15) is 0 Å². The summed E-state index contributed by atoms with van der Waals surface area (Å²) in [7, 11) is 1.83. The molecule has 7 heteroatoms. The van der Waals surface area contributed by atoms with Gasteiger partial charge in [-0.3, -0.25) is 0 Å². The molecule has 0 aliphatic heterocycles. The number of hydrogen-bond acceptors (Lipinski definition) is 6. The topological polar surface area (TPSA) is 75.3 Å². The lowest BCUT2D eigenvalue weighted by Crippen LogP contribution is -2.18. The molecule has 4 aromatic rings. The standard InChI is InChI=1S/C20H17FN4O2/c1-12-9-14(27-24-12)11-25(2)20-16-10-13(21)7-8-17(16)22-19(23-20)15-5-3-4-6-18(15)26/h3-10,26H,11H2,1-2H3. The van der Waals surface area contributed by atoms with E-state index in [1.807, 2.05) is 24.9 Å². The summed E-state index contributed by atoms with van der Waals surface area (Å²) in [6, 6.07) is 13.0. The Hall–Kier alpha value is -3.48. The van der Waals surface area contributed by atoms with E-state index in [0.717, 1.165) is 5.69 Å². The van der Waals surface area contributed by atoms with Crippen LogP contribution in [-0.4, -0.2) is 27.3 Å². The van der Waals surface area contributed by atoms with Gasteiger partial charge in [0, 0.05) is 18.5 Å². The monoisotopic (exact) mass is 364 g/mol. The lowest BCUT2D eigenvalue weighted by Gasteiger charge is -2.19. The van der Waals surface area contributed by atoms with E-state index >= 15 is 0 Å². The predicted molar refractivity (Wildman–Crippen MR) is 99.9 cm³/mol.